The first-order valence-electron chi connectivity index (χ1n) is 4.68. The van der Waals surface area contributed by atoms with Gasteiger partial charge in [0, 0.05) is 22.8 Å². The molecule has 0 amide bonds. The number of aliphatic hydroxyl groups excluding tert-OH is 2. The van der Waals surface area contributed by atoms with Crippen molar-refractivity contribution in [3.63, 3.8) is 0 Å². The minimum atomic E-state index is -0.395. The van der Waals surface area contributed by atoms with E-state index in [-0.39, 0.29) is 13.2 Å². The summed E-state index contributed by atoms with van der Waals surface area (Å²) in [4.78, 5) is 0. The molecule has 0 saturated heterocycles. The molecular formula is C10H15ClN2O2. The molecule has 5 N–H and O–H groups in total. The quantitative estimate of drug-likeness (QED) is 0.596. The number of anilines is 1. The summed E-state index contributed by atoms with van der Waals surface area (Å²) in [6.07, 6.45) is 0. The molecule has 0 aromatic heterocycles. The Bertz CT molecular complexity index is 316. The van der Waals surface area contributed by atoms with Gasteiger partial charge in [0.1, 0.15) is 0 Å². The van der Waals surface area contributed by atoms with E-state index in [4.69, 9.17) is 27.5 Å². The second-order valence-corrected chi connectivity index (χ2v) is 3.58. The molecule has 84 valence electrons. The van der Waals surface area contributed by atoms with Crippen molar-refractivity contribution in [3.8, 4) is 0 Å². The van der Waals surface area contributed by atoms with Gasteiger partial charge in [-0.15, -0.1) is 0 Å². The van der Waals surface area contributed by atoms with Gasteiger partial charge in [-0.2, -0.15) is 0 Å². The molecular weight excluding hydrogens is 216 g/mol. The maximum absolute atomic E-state index is 8.93. The molecule has 1 aromatic rings. The third-order valence-corrected chi connectivity index (χ3v) is 2.48. The Labute approximate surface area is 93.7 Å². The van der Waals surface area contributed by atoms with Crippen LogP contribution in [0.25, 0.3) is 0 Å². The average Bonchev–Trinajstić information content (AvgIpc) is 2.26. The van der Waals surface area contributed by atoms with E-state index in [9.17, 15) is 0 Å². The molecule has 15 heavy (non-hydrogen) atoms. The minimum Gasteiger partial charge on any atom is -0.394 e. The van der Waals surface area contributed by atoms with Crippen LogP contribution in [0.1, 0.15) is 5.56 Å². The van der Waals surface area contributed by atoms with Crippen LogP contribution in [-0.4, -0.2) is 29.5 Å². The average molecular weight is 231 g/mol. The van der Waals surface area contributed by atoms with E-state index in [1.807, 2.05) is 6.07 Å². The number of hydrogen-bond donors (Lipinski definition) is 4. The fourth-order valence-corrected chi connectivity index (χ4v) is 1.52. The van der Waals surface area contributed by atoms with Crippen LogP contribution in [-0.2, 0) is 6.54 Å². The molecule has 4 nitrogen and oxygen atoms in total. The van der Waals surface area contributed by atoms with Crippen molar-refractivity contribution in [1.82, 2.24) is 0 Å². The van der Waals surface area contributed by atoms with Crippen LogP contribution in [0, 0.1) is 0 Å². The van der Waals surface area contributed by atoms with Crippen LogP contribution < -0.4 is 11.1 Å². The van der Waals surface area contributed by atoms with E-state index >= 15 is 0 Å². The van der Waals surface area contributed by atoms with Crippen molar-refractivity contribution in [3.05, 3.63) is 28.8 Å². The molecule has 0 radical (unpaired) electrons. The zero-order valence-corrected chi connectivity index (χ0v) is 9.04. The van der Waals surface area contributed by atoms with Crippen molar-refractivity contribution < 1.29 is 10.2 Å². The number of rotatable bonds is 5. The standard InChI is InChI=1S/C10H15ClN2O2/c11-9-2-1-3-10(8(9)4-12)13-7(5-14)6-15/h1-3,7,13-15H,4-6,12H2. The summed E-state index contributed by atoms with van der Waals surface area (Å²) in [6.45, 7) is 0.0195. The summed E-state index contributed by atoms with van der Waals surface area (Å²) >= 11 is 5.95. The molecule has 0 aliphatic heterocycles. The van der Waals surface area contributed by atoms with Gasteiger partial charge in [-0.1, -0.05) is 17.7 Å². The molecule has 0 atom stereocenters. The number of nitrogens with two attached hydrogens (primary N) is 1. The van der Waals surface area contributed by atoms with Crippen LogP contribution in [0.4, 0.5) is 5.69 Å². The zero-order valence-electron chi connectivity index (χ0n) is 8.28. The summed E-state index contributed by atoms with van der Waals surface area (Å²) < 4.78 is 0. The van der Waals surface area contributed by atoms with Crippen LogP contribution in [0.2, 0.25) is 5.02 Å². The molecule has 0 bridgehead atoms. The van der Waals surface area contributed by atoms with E-state index < -0.39 is 6.04 Å². The smallest absolute Gasteiger partial charge is 0.0723 e. The van der Waals surface area contributed by atoms with Crippen LogP contribution >= 0.6 is 11.6 Å². The molecule has 0 aliphatic rings. The molecule has 1 aromatic carbocycles. The summed E-state index contributed by atoms with van der Waals surface area (Å²) in [5.74, 6) is 0. The van der Waals surface area contributed by atoms with Gasteiger partial charge in [0.2, 0.25) is 0 Å². The van der Waals surface area contributed by atoms with Gasteiger partial charge in [-0.05, 0) is 12.1 Å². The van der Waals surface area contributed by atoms with Crippen molar-refractivity contribution in [2.24, 2.45) is 5.73 Å². The lowest BCUT2D eigenvalue weighted by Crippen LogP contribution is -2.28. The zero-order chi connectivity index (χ0) is 11.3. The molecule has 0 unspecified atom stereocenters. The number of nitrogens with one attached hydrogen (secondary N) is 1. The molecule has 0 fully saturated rings. The second-order valence-electron chi connectivity index (χ2n) is 3.18. The highest BCUT2D eigenvalue weighted by atomic mass is 35.5. The Morgan fingerprint density at radius 3 is 2.53 bits per heavy atom. The van der Waals surface area contributed by atoms with E-state index in [1.54, 1.807) is 12.1 Å². The Kier molecular flexibility index (Phi) is 4.84. The van der Waals surface area contributed by atoms with Gasteiger partial charge in [-0.3, -0.25) is 0 Å². The maximum atomic E-state index is 8.93. The van der Waals surface area contributed by atoms with Gasteiger partial charge in [0.15, 0.2) is 0 Å². The fraction of sp³-hybridized carbons (Fsp3) is 0.400. The summed E-state index contributed by atoms with van der Waals surface area (Å²) in [5.41, 5.74) is 7.09. The summed E-state index contributed by atoms with van der Waals surface area (Å²) in [5, 5.41) is 21.4. The first-order chi connectivity index (χ1) is 7.22. The fourth-order valence-electron chi connectivity index (χ4n) is 1.27. The molecule has 0 aliphatic carbocycles. The maximum Gasteiger partial charge on any atom is 0.0723 e. The number of benzene rings is 1. The van der Waals surface area contributed by atoms with Crippen molar-refractivity contribution in [2.45, 2.75) is 12.6 Å². The Morgan fingerprint density at radius 1 is 1.33 bits per heavy atom. The lowest BCUT2D eigenvalue weighted by molar-refractivity contribution is 0.204. The normalized spacial score (nSPS) is 10.7. The van der Waals surface area contributed by atoms with E-state index in [0.717, 1.165) is 11.3 Å². The number of aliphatic hydroxyl groups is 2. The Balaban J connectivity index is 2.88. The van der Waals surface area contributed by atoms with Crippen LogP contribution in [0.5, 0.6) is 0 Å². The predicted octanol–water partition coefficient (Wildman–Crippen LogP) is 0.564. The lowest BCUT2D eigenvalue weighted by atomic mass is 10.1. The van der Waals surface area contributed by atoms with E-state index in [1.165, 1.54) is 0 Å². The highest BCUT2D eigenvalue weighted by Gasteiger charge is 2.09. The molecule has 0 saturated carbocycles. The monoisotopic (exact) mass is 230 g/mol. The molecule has 0 spiro atoms. The number of hydrogen-bond acceptors (Lipinski definition) is 4. The van der Waals surface area contributed by atoms with Crippen molar-refractivity contribution in [1.29, 1.82) is 0 Å². The van der Waals surface area contributed by atoms with Gasteiger partial charge >= 0.3 is 0 Å². The Morgan fingerprint density at radius 2 is 2.00 bits per heavy atom. The van der Waals surface area contributed by atoms with Crippen molar-refractivity contribution >= 4 is 17.3 Å². The van der Waals surface area contributed by atoms with E-state index in [0.29, 0.717) is 11.6 Å². The predicted molar refractivity (Wildman–Crippen MR) is 60.9 cm³/mol. The summed E-state index contributed by atoms with van der Waals surface area (Å²) in [6, 6.07) is 4.96. The summed E-state index contributed by atoms with van der Waals surface area (Å²) in [7, 11) is 0. The minimum absolute atomic E-state index is 0.146. The van der Waals surface area contributed by atoms with Crippen LogP contribution in [0.15, 0.2) is 18.2 Å². The van der Waals surface area contributed by atoms with Gasteiger partial charge in [0.05, 0.1) is 19.3 Å². The van der Waals surface area contributed by atoms with Crippen molar-refractivity contribution in [2.75, 3.05) is 18.5 Å². The van der Waals surface area contributed by atoms with Gasteiger partial charge in [0.25, 0.3) is 0 Å². The second kappa shape index (κ2) is 5.92. The molecule has 5 heteroatoms. The largest absolute Gasteiger partial charge is 0.394 e. The van der Waals surface area contributed by atoms with Gasteiger partial charge < -0.3 is 21.3 Å². The molecule has 0 heterocycles. The highest BCUT2D eigenvalue weighted by Crippen LogP contribution is 2.24. The van der Waals surface area contributed by atoms with E-state index in [2.05, 4.69) is 5.32 Å². The third-order valence-electron chi connectivity index (χ3n) is 2.12. The first kappa shape index (κ1) is 12.3. The number of halogens is 1. The van der Waals surface area contributed by atoms with Crippen LogP contribution in [0.3, 0.4) is 0 Å². The first-order valence-corrected chi connectivity index (χ1v) is 5.06. The topological polar surface area (TPSA) is 78.5 Å². The highest BCUT2D eigenvalue weighted by molar-refractivity contribution is 6.31. The van der Waals surface area contributed by atoms with Gasteiger partial charge in [-0.25, -0.2) is 0 Å². The SMILES string of the molecule is NCc1c(Cl)cccc1NC(CO)CO. The lowest BCUT2D eigenvalue weighted by Gasteiger charge is -2.18. The molecule has 1 rings (SSSR count). The Hall–Kier alpha value is -0.810. The third kappa shape index (κ3) is 3.07.